The van der Waals surface area contributed by atoms with Crippen LogP contribution in [0.25, 0.3) is 0 Å². The van der Waals surface area contributed by atoms with Crippen molar-refractivity contribution in [3.05, 3.63) is 29.8 Å². The normalized spacial score (nSPS) is 15.2. The number of fused-ring (bicyclic) bond motifs is 1. The summed E-state index contributed by atoms with van der Waals surface area (Å²) in [6, 6.07) is 8.30. The van der Waals surface area contributed by atoms with Crippen molar-refractivity contribution >= 4 is 0 Å². The van der Waals surface area contributed by atoms with Crippen LogP contribution < -0.4 is 4.74 Å². The molecule has 0 amide bonds. The molecule has 0 N–H and O–H groups in total. The topological polar surface area (TPSA) is 9.23 Å². The van der Waals surface area contributed by atoms with Crippen LogP contribution in [0.15, 0.2) is 24.3 Å². The van der Waals surface area contributed by atoms with Crippen molar-refractivity contribution < 1.29 is 4.74 Å². The van der Waals surface area contributed by atoms with Crippen LogP contribution in [0.2, 0.25) is 0 Å². The van der Waals surface area contributed by atoms with Crippen LogP contribution in [0.5, 0.6) is 5.75 Å². The van der Waals surface area contributed by atoms with Crippen molar-refractivity contribution in [3.63, 3.8) is 0 Å². The molecular weight excluding hydrogens is 220 g/mol. The van der Waals surface area contributed by atoms with Crippen LogP contribution in [0.1, 0.15) is 72.8 Å². The van der Waals surface area contributed by atoms with E-state index in [0.717, 1.165) is 18.8 Å². The van der Waals surface area contributed by atoms with Gasteiger partial charge < -0.3 is 4.74 Å². The second-order valence-electron chi connectivity index (χ2n) is 3.78. The highest BCUT2D eigenvalue weighted by Gasteiger charge is 2.15. The molecule has 1 aliphatic heterocycles. The number of ether oxygens (including phenoxy) is 1. The van der Waals surface area contributed by atoms with Crippen molar-refractivity contribution in [2.24, 2.45) is 0 Å². The Hall–Kier alpha value is -0.980. The third-order valence-electron chi connectivity index (χ3n) is 2.26. The predicted molar refractivity (Wildman–Crippen MR) is 83.6 cm³/mol. The minimum atomic E-state index is 0.667. The summed E-state index contributed by atoms with van der Waals surface area (Å²) in [6.07, 6.45) is 2.40. The molecule has 1 heteroatoms. The number of hydrogen-bond donors (Lipinski definition) is 0. The highest BCUT2D eigenvalue weighted by molar-refractivity contribution is 5.37. The third kappa shape index (κ3) is 7.37. The fourth-order valence-corrected chi connectivity index (χ4v) is 1.52. The van der Waals surface area contributed by atoms with Gasteiger partial charge in [0.1, 0.15) is 5.75 Å². The predicted octanol–water partition coefficient (Wildman–Crippen LogP) is 6.04. The van der Waals surface area contributed by atoms with Gasteiger partial charge in [0.25, 0.3) is 0 Å². The molecule has 1 nitrogen and oxygen atoms in total. The highest BCUT2D eigenvalue weighted by Crippen LogP contribution is 2.32. The number of hydrogen-bond acceptors (Lipinski definition) is 1. The molecule has 0 aromatic heterocycles. The third-order valence-corrected chi connectivity index (χ3v) is 2.26. The Morgan fingerprint density at radius 1 is 1.06 bits per heavy atom. The van der Waals surface area contributed by atoms with E-state index in [-0.39, 0.29) is 0 Å². The minimum absolute atomic E-state index is 0.667. The van der Waals surface area contributed by atoms with Crippen LogP contribution in [-0.2, 0) is 0 Å². The second kappa shape index (κ2) is 14.1. The Bertz CT molecular complexity index is 268. The number of rotatable bonds is 0. The van der Waals surface area contributed by atoms with Crippen molar-refractivity contribution in [2.45, 2.75) is 67.2 Å². The Morgan fingerprint density at radius 2 is 1.56 bits per heavy atom. The zero-order valence-corrected chi connectivity index (χ0v) is 13.4. The van der Waals surface area contributed by atoms with Crippen molar-refractivity contribution in [1.29, 1.82) is 0 Å². The van der Waals surface area contributed by atoms with E-state index in [1.54, 1.807) is 0 Å². The first-order valence-electron chi connectivity index (χ1n) is 7.51. The Labute approximate surface area is 115 Å². The quantitative estimate of drug-likeness (QED) is 0.547. The van der Waals surface area contributed by atoms with Gasteiger partial charge in [0.05, 0.1) is 6.61 Å². The van der Waals surface area contributed by atoms with Gasteiger partial charge in [-0.15, -0.1) is 0 Å². The maximum absolute atomic E-state index is 5.49. The fourth-order valence-electron chi connectivity index (χ4n) is 1.52. The molecule has 1 aromatic carbocycles. The van der Waals surface area contributed by atoms with E-state index in [2.05, 4.69) is 32.9 Å². The summed E-state index contributed by atoms with van der Waals surface area (Å²) in [7, 11) is 0. The molecule has 1 aromatic rings. The van der Waals surface area contributed by atoms with Crippen LogP contribution in [-0.4, -0.2) is 6.61 Å². The van der Waals surface area contributed by atoms with E-state index in [4.69, 9.17) is 4.74 Å². The largest absolute Gasteiger partial charge is 0.493 e. The maximum atomic E-state index is 5.49. The van der Waals surface area contributed by atoms with Gasteiger partial charge in [-0.2, -0.15) is 0 Å². The van der Waals surface area contributed by atoms with Gasteiger partial charge in [-0.3, -0.25) is 0 Å². The molecule has 0 spiro atoms. The van der Waals surface area contributed by atoms with Crippen molar-refractivity contribution in [2.75, 3.05) is 6.61 Å². The minimum Gasteiger partial charge on any atom is -0.493 e. The van der Waals surface area contributed by atoms with Crippen LogP contribution in [0.4, 0.5) is 0 Å². The Morgan fingerprint density at radius 3 is 2.06 bits per heavy atom. The van der Waals surface area contributed by atoms with Crippen LogP contribution in [0.3, 0.4) is 0 Å². The van der Waals surface area contributed by atoms with Crippen LogP contribution in [0, 0.1) is 0 Å². The van der Waals surface area contributed by atoms with Gasteiger partial charge in [0, 0.05) is 0 Å². The first kappa shape index (κ1) is 19.4. The molecule has 106 valence electrons. The lowest BCUT2D eigenvalue weighted by Crippen LogP contribution is -2.11. The molecule has 0 radical (unpaired) electrons. The van der Waals surface area contributed by atoms with Gasteiger partial charge in [-0.1, -0.05) is 73.1 Å². The molecule has 1 atom stereocenters. The van der Waals surface area contributed by atoms with E-state index < -0.39 is 0 Å². The lowest BCUT2D eigenvalue weighted by Gasteiger charge is -2.22. The van der Waals surface area contributed by atoms with E-state index in [1.807, 2.05) is 39.8 Å². The lowest BCUT2D eigenvalue weighted by atomic mass is 9.95. The molecule has 18 heavy (non-hydrogen) atoms. The summed E-state index contributed by atoms with van der Waals surface area (Å²) in [4.78, 5) is 0. The first-order valence-corrected chi connectivity index (χ1v) is 7.51. The SMILES string of the molecule is CC.CC.CC1CCOc2ccccc21.CCC. The highest BCUT2D eigenvalue weighted by atomic mass is 16.5. The van der Waals surface area contributed by atoms with Gasteiger partial charge >= 0.3 is 0 Å². The second-order valence-corrected chi connectivity index (χ2v) is 3.78. The van der Waals surface area contributed by atoms with Gasteiger partial charge in [-0.05, 0) is 24.0 Å². The van der Waals surface area contributed by atoms with Crippen molar-refractivity contribution in [1.82, 2.24) is 0 Å². The Kier molecular flexibility index (Phi) is 15.1. The summed E-state index contributed by atoms with van der Waals surface area (Å²) >= 11 is 0. The number of para-hydroxylation sites is 1. The summed E-state index contributed by atoms with van der Waals surface area (Å²) in [5.41, 5.74) is 1.36. The van der Waals surface area contributed by atoms with E-state index >= 15 is 0 Å². The maximum Gasteiger partial charge on any atom is 0.122 e. The molecule has 0 saturated heterocycles. The molecular formula is C17H32O. The van der Waals surface area contributed by atoms with Crippen molar-refractivity contribution in [3.8, 4) is 5.75 Å². The summed E-state index contributed by atoms with van der Waals surface area (Å²) < 4.78 is 5.49. The molecule has 0 fully saturated rings. The number of benzene rings is 1. The average molecular weight is 252 g/mol. The lowest BCUT2D eigenvalue weighted by molar-refractivity contribution is 0.272. The smallest absolute Gasteiger partial charge is 0.122 e. The molecule has 0 bridgehead atoms. The Balaban J connectivity index is 0. The molecule has 0 aliphatic carbocycles. The van der Waals surface area contributed by atoms with Gasteiger partial charge in [0.15, 0.2) is 0 Å². The molecule has 1 unspecified atom stereocenters. The van der Waals surface area contributed by atoms with E-state index in [9.17, 15) is 0 Å². The fraction of sp³-hybridized carbons (Fsp3) is 0.647. The van der Waals surface area contributed by atoms with E-state index in [0.29, 0.717) is 5.92 Å². The molecule has 0 saturated carbocycles. The standard InChI is InChI=1S/C10H12O.C3H8.2C2H6/c1-8-6-7-11-10-5-3-2-4-9(8)10;1-3-2;2*1-2/h2-5,8H,6-7H2,1H3;3H2,1-2H3;2*1-2H3. The zero-order valence-electron chi connectivity index (χ0n) is 13.4. The first-order chi connectivity index (χ1) is 8.79. The summed E-state index contributed by atoms with van der Waals surface area (Å²) in [5.74, 6) is 1.74. The average Bonchev–Trinajstić information content (AvgIpc) is 2.45. The summed E-state index contributed by atoms with van der Waals surface area (Å²) in [6.45, 7) is 15.4. The van der Waals surface area contributed by atoms with Gasteiger partial charge in [-0.25, -0.2) is 0 Å². The monoisotopic (exact) mass is 252 g/mol. The van der Waals surface area contributed by atoms with Crippen LogP contribution >= 0.6 is 0 Å². The molecule has 1 aliphatic rings. The van der Waals surface area contributed by atoms with Gasteiger partial charge in [0.2, 0.25) is 0 Å². The summed E-state index contributed by atoms with van der Waals surface area (Å²) in [5, 5.41) is 0. The molecule has 1 heterocycles. The van der Waals surface area contributed by atoms with E-state index in [1.165, 1.54) is 12.0 Å². The molecule has 2 rings (SSSR count). The zero-order chi connectivity index (χ0) is 14.4.